The SMILES string of the molecule is COc1c(C)cc(F)cc1Br. The van der Waals surface area contributed by atoms with Gasteiger partial charge in [-0.25, -0.2) is 4.39 Å². The minimum atomic E-state index is -0.254. The first kappa shape index (κ1) is 8.53. The van der Waals surface area contributed by atoms with Gasteiger partial charge in [-0.15, -0.1) is 0 Å². The minimum absolute atomic E-state index is 0.254. The van der Waals surface area contributed by atoms with Crippen LogP contribution >= 0.6 is 15.9 Å². The Labute approximate surface area is 73.3 Å². The predicted molar refractivity (Wildman–Crippen MR) is 45.4 cm³/mol. The Morgan fingerprint density at radius 2 is 2.09 bits per heavy atom. The second-order valence-electron chi connectivity index (χ2n) is 2.24. The van der Waals surface area contributed by atoms with Crippen molar-refractivity contribution < 1.29 is 9.13 Å². The molecule has 1 rings (SSSR count). The van der Waals surface area contributed by atoms with Crippen LogP contribution in [0.1, 0.15) is 5.56 Å². The smallest absolute Gasteiger partial charge is 0.136 e. The molecule has 0 saturated heterocycles. The van der Waals surface area contributed by atoms with Crippen LogP contribution in [0.4, 0.5) is 4.39 Å². The molecule has 3 heteroatoms. The van der Waals surface area contributed by atoms with Crippen molar-refractivity contribution in [2.75, 3.05) is 7.11 Å². The van der Waals surface area contributed by atoms with Crippen LogP contribution in [0.3, 0.4) is 0 Å². The summed E-state index contributed by atoms with van der Waals surface area (Å²) < 4.78 is 18.3. The van der Waals surface area contributed by atoms with Crippen molar-refractivity contribution in [3.63, 3.8) is 0 Å². The van der Waals surface area contributed by atoms with E-state index in [-0.39, 0.29) is 5.82 Å². The Morgan fingerprint density at radius 1 is 1.45 bits per heavy atom. The molecule has 0 bridgehead atoms. The second kappa shape index (κ2) is 3.22. The lowest BCUT2D eigenvalue weighted by molar-refractivity contribution is 0.407. The van der Waals surface area contributed by atoms with Crippen LogP contribution in [0.2, 0.25) is 0 Å². The maximum atomic E-state index is 12.7. The summed E-state index contributed by atoms with van der Waals surface area (Å²) in [7, 11) is 1.56. The third-order valence-corrected chi connectivity index (χ3v) is 1.99. The molecule has 0 aliphatic carbocycles. The fourth-order valence-electron chi connectivity index (χ4n) is 0.948. The van der Waals surface area contributed by atoms with Gasteiger partial charge in [-0.3, -0.25) is 0 Å². The lowest BCUT2D eigenvalue weighted by Gasteiger charge is -2.05. The third-order valence-electron chi connectivity index (χ3n) is 1.40. The highest BCUT2D eigenvalue weighted by Crippen LogP contribution is 2.29. The van der Waals surface area contributed by atoms with E-state index in [1.807, 2.05) is 0 Å². The van der Waals surface area contributed by atoms with Crippen LogP contribution in [0.25, 0.3) is 0 Å². The molecule has 0 fully saturated rings. The first-order valence-corrected chi connectivity index (χ1v) is 3.94. The lowest BCUT2D eigenvalue weighted by Crippen LogP contribution is -1.89. The molecule has 1 aromatic rings. The van der Waals surface area contributed by atoms with E-state index in [0.717, 1.165) is 5.56 Å². The van der Waals surface area contributed by atoms with E-state index < -0.39 is 0 Å². The summed E-state index contributed by atoms with van der Waals surface area (Å²) in [5.74, 6) is 0.432. The van der Waals surface area contributed by atoms with Crippen molar-refractivity contribution in [3.05, 3.63) is 28.0 Å². The summed E-state index contributed by atoms with van der Waals surface area (Å²) >= 11 is 3.19. The number of ether oxygens (including phenoxy) is 1. The summed E-state index contributed by atoms with van der Waals surface area (Å²) in [4.78, 5) is 0. The van der Waals surface area contributed by atoms with Crippen LogP contribution in [-0.2, 0) is 0 Å². The molecule has 0 radical (unpaired) electrons. The Kier molecular flexibility index (Phi) is 2.49. The minimum Gasteiger partial charge on any atom is -0.495 e. The number of hydrogen-bond acceptors (Lipinski definition) is 1. The number of benzene rings is 1. The van der Waals surface area contributed by atoms with Crippen molar-refractivity contribution in [2.24, 2.45) is 0 Å². The molecule has 0 aromatic heterocycles. The monoisotopic (exact) mass is 218 g/mol. The zero-order valence-electron chi connectivity index (χ0n) is 6.32. The van der Waals surface area contributed by atoms with Gasteiger partial charge in [-0.1, -0.05) is 0 Å². The maximum absolute atomic E-state index is 12.7. The fourth-order valence-corrected chi connectivity index (χ4v) is 1.64. The van der Waals surface area contributed by atoms with Crippen molar-refractivity contribution in [2.45, 2.75) is 6.92 Å². The van der Waals surface area contributed by atoms with Gasteiger partial charge in [0.25, 0.3) is 0 Å². The topological polar surface area (TPSA) is 9.23 Å². The number of aryl methyl sites for hydroxylation is 1. The van der Waals surface area contributed by atoms with Gasteiger partial charge in [0.15, 0.2) is 0 Å². The van der Waals surface area contributed by atoms with Crippen molar-refractivity contribution in [3.8, 4) is 5.75 Å². The predicted octanol–water partition coefficient (Wildman–Crippen LogP) is 2.91. The highest BCUT2D eigenvalue weighted by Gasteiger charge is 2.05. The molecule has 0 spiro atoms. The van der Waals surface area contributed by atoms with E-state index >= 15 is 0 Å². The normalized spacial score (nSPS) is 9.82. The molecule has 0 heterocycles. The van der Waals surface area contributed by atoms with Crippen LogP contribution in [0, 0.1) is 12.7 Å². The zero-order chi connectivity index (χ0) is 8.43. The Balaban J connectivity index is 3.25. The van der Waals surface area contributed by atoms with Gasteiger partial charge in [-0.2, -0.15) is 0 Å². The van der Waals surface area contributed by atoms with Crippen LogP contribution in [0.5, 0.6) is 5.75 Å². The largest absolute Gasteiger partial charge is 0.495 e. The fraction of sp³-hybridized carbons (Fsp3) is 0.250. The zero-order valence-corrected chi connectivity index (χ0v) is 7.90. The quantitative estimate of drug-likeness (QED) is 0.705. The number of rotatable bonds is 1. The molecule has 11 heavy (non-hydrogen) atoms. The Hall–Kier alpha value is -0.570. The molecule has 0 unspecified atom stereocenters. The molecule has 0 atom stereocenters. The van der Waals surface area contributed by atoms with E-state index in [4.69, 9.17) is 4.74 Å². The van der Waals surface area contributed by atoms with Gasteiger partial charge in [-0.05, 0) is 40.5 Å². The number of halogens is 2. The molecule has 0 amide bonds. The first-order valence-electron chi connectivity index (χ1n) is 3.15. The van der Waals surface area contributed by atoms with E-state index in [1.165, 1.54) is 12.1 Å². The molecule has 0 aliphatic heterocycles. The van der Waals surface area contributed by atoms with Crippen molar-refractivity contribution in [1.82, 2.24) is 0 Å². The number of hydrogen-bond donors (Lipinski definition) is 0. The highest BCUT2D eigenvalue weighted by atomic mass is 79.9. The average molecular weight is 219 g/mol. The molecular weight excluding hydrogens is 211 g/mol. The Bertz CT molecular complexity index is 250. The maximum Gasteiger partial charge on any atom is 0.136 e. The van der Waals surface area contributed by atoms with Crippen molar-refractivity contribution >= 4 is 15.9 Å². The molecule has 0 saturated carbocycles. The van der Waals surface area contributed by atoms with Gasteiger partial charge in [0.05, 0.1) is 11.6 Å². The van der Waals surface area contributed by atoms with Crippen LogP contribution in [0.15, 0.2) is 16.6 Å². The van der Waals surface area contributed by atoms with Gasteiger partial charge in [0, 0.05) is 0 Å². The standard InChI is InChI=1S/C8H8BrFO/c1-5-3-6(10)4-7(9)8(5)11-2/h3-4H,1-2H3. The van der Waals surface area contributed by atoms with E-state index in [2.05, 4.69) is 15.9 Å². The summed E-state index contributed by atoms with van der Waals surface area (Å²) in [6.07, 6.45) is 0. The van der Waals surface area contributed by atoms with Crippen LogP contribution < -0.4 is 4.74 Å². The summed E-state index contributed by atoms with van der Waals surface area (Å²) in [5.41, 5.74) is 0.791. The molecule has 0 N–H and O–H groups in total. The van der Waals surface area contributed by atoms with E-state index in [9.17, 15) is 4.39 Å². The molecule has 1 nitrogen and oxygen atoms in total. The Morgan fingerprint density at radius 3 is 2.55 bits per heavy atom. The summed E-state index contributed by atoms with van der Waals surface area (Å²) in [6.45, 7) is 1.80. The van der Waals surface area contributed by atoms with E-state index in [0.29, 0.717) is 10.2 Å². The highest BCUT2D eigenvalue weighted by molar-refractivity contribution is 9.10. The van der Waals surface area contributed by atoms with Gasteiger partial charge in [0.2, 0.25) is 0 Å². The molecule has 0 aliphatic rings. The van der Waals surface area contributed by atoms with Gasteiger partial charge < -0.3 is 4.74 Å². The number of methoxy groups -OCH3 is 1. The molecular formula is C8H8BrFO. The second-order valence-corrected chi connectivity index (χ2v) is 3.09. The van der Waals surface area contributed by atoms with E-state index in [1.54, 1.807) is 14.0 Å². The first-order chi connectivity index (χ1) is 5.15. The molecule has 1 aromatic carbocycles. The average Bonchev–Trinajstić information content (AvgIpc) is 1.85. The summed E-state index contributed by atoms with van der Waals surface area (Å²) in [6, 6.07) is 2.81. The van der Waals surface area contributed by atoms with Gasteiger partial charge in [0.1, 0.15) is 11.6 Å². The summed E-state index contributed by atoms with van der Waals surface area (Å²) in [5, 5.41) is 0. The lowest BCUT2D eigenvalue weighted by atomic mass is 10.2. The van der Waals surface area contributed by atoms with Crippen molar-refractivity contribution in [1.29, 1.82) is 0 Å². The molecule has 60 valence electrons. The third kappa shape index (κ3) is 1.71. The van der Waals surface area contributed by atoms with Gasteiger partial charge >= 0.3 is 0 Å². The van der Waals surface area contributed by atoms with Crippen LogP contribution in [-0.4, -0.2) is 7.11 Å².